The van der Waals surface area contributed by atoms with E-state index in [0.29, 0.717) is 0 Å². The first kappa shape index (κ1) is 11.2. The van der Waals surface area contributed by atoms with E-state index in [1.165, 1.54) is 0 Å². The van der Waals surface area contributed by atoms with Crippen LogP contribution < -0.4 is 0 Å². The van der Waals surface area contributed by atoms with Crippen molar-refractivity contribution >= 4 is 0 Å². The summed E-state index contributed by atoms with van der Waals surface area (Å²) < 4.78 is 12.3. The van der Waals surface area contributed by atoms with Crippen molar-refractivity contribution in [3.05, 3.63) is 34.9 Å². The standard InChI is InChI=1S/C11H17F/c1-5-10(4)6-7-11(8-12)9(2)3/h5-7H,8H2,1-4H3/b7-6-,10-5-. The summed E-state index contributed by atoms with van der Waals surface area (Å²) in [4.78, 5) is 0. The molecule has 0 nitrogen and oxygen atoms in total. The molecule has 0 fully saturated rings. The molecule has 0 aliphatic rings. The third-order valence-electron chi connectivity index (χ3n) is 1.79. The minimum Gasteiger partial charge on any atom is -0.246 e. The van der Waals surface area contributed by atoms with Gasteiger partial charge in [-0.3, -0.25) is 0 Å². The highest BCUT2D eigenvalue weighted by atomic mass is 19.1. The summed E-state index contributed by atoms with van der Waals surface area (Å²) in [5, 5.41) is 0. The quantitative estimate of drug-likeness (QED) is 0.562. The van der Waals surface area contributed by atoms with Crippen LogP contribution in [-0.4, -0.2) is 6.67 Å². The smallest absolute Gasteiger partial charge is 0.114 e. The fourth-order valence-corrected chi connectivity index (χ4v) is 0.673. The summed E-state index contributed by atoms with van der Waals surface area (Å²) in [6, 6.07) is 0. The predicted molar refractivity (Wildman–Crippen MR) is 52.9 cm³/mol. The molecule has 0 radical (unpaired) electrons. The van der Waals surface area contributed by atoms with Gasteiger partial charge in [0.15, 0.2) is 0 Å². The lowest BCUT2D eigenvalue weighted by atomic mass is 10.1. The molecule has 68 valence electrons. The first-order valence-electron chi connectivity index (χ1n) is 4.15. The first-order valence-corrected chi connectivity index (χ1v) is 4.15. The van der Waals surface area contributed by atoms with Crippen LogP contribution in [0.1, 0.15) is 27.7 Å². The normalized spacial score (nSPS) is 12.2. The van der Waals surface area contributed by atoms with Gasteiger partial charge in [-0.2, -0.15) is 0 Å². The zero-order valence-corrected chi connectivity index (χ0v) is 8.32. The maximum atomic E-state index is 12.3. The maximum Gasteiger partial charge on any atom is 0.114 e. The molecule has 0 spiro atoms. The van der Waals surface area contributed by atoms with Crippen molar-refractivity contribution in [1.82, 2.24) is 0 Å². The zero-order valence-electron chi connectivity index (χ0n) is 8.32. The van der Waals surface area contributed by atoms with Crippen LogP contribution in [0.4, 0.5) is 4.39 Å². The number of halogens is 1. The molecule has 0 bridgehead atoms. The second-order valence-electron chi connectivity index (χ2n) is 3.02. The van der Waals surface area contributed by atoms with Crippen molar-refractivity contribution in [3.63, 3.8) is 0 Å². The van der Waals surface area contributed by atoms with Gasteiger partial charge in [-0.1, -0.05) is 29.4 Å². The third kappa shape index (κ3) is 4.12. The number of allylic oxidation sites excluding steroid dienone is 6. The highest BCUT2D eigenvalue weighted by Crippen LogP contribution is 2.07. The maximum absolute atomic E-state index is 12.3. The van der Waals surface area contributed by atoms with Gasteiger partial charge in [0.05, 0.1) is 0 Å². The summed E-state index contributed by atoms with van der Waals surface area (Å²) >= 11 is 0. The summed E-state index contributed by atoms with van der Waals surface area (Å²) in [7, 11) is 0. The van der Waals surface area contributed by atoms with Crippen molar-refractivity contribution in [3.8, 4) is 0 Å². The Labute approximate surface area is 74.5 Å². The fourth-order valence-electron chi connectivity index (χ4n) is 0.673. The van der Waals surface area contributed by atoms with Crippen molar-refractivity contribution in [2.75, 3.05) is 6.67 Å². The van der Waals surface area contributed by atoms with E-state index in [1.54, 1.807) is 0 Å². The van der Waals surface area contributed by atoms with E-state index in [1.807, 2.05) is 45.9 Å². The van der Waals surface area contributed by atoms with E-state index in [-0.39, 0.29) is 6.67 Å². The Balaban J connectivity index is 4.43. The molecule has 12 heavy (non-hydrogen) atoms. The van der Waals surface area contributed by atoms with E-state index in [9.17, 15) is 4.39 Å². The first-order chi connectivity index (χ1) is 5.61. The molecule has 0 atom stereocenters. The Morgan fingerprint density at radius 1 is 1.17 bits per heavy atom. The molecule has 0 N–H and O–H groups in total. The lowest BCUT2D eigenvalue weighted by molar-refractivity contribution is 0.547. The Morgan fingerprint density at radius 3 is 2.08 bits per heavy atom. The van der Waals surface area contributed by atoms with E-state index >= 15 is 0 Å². The van der Waals surface area contributed by atoms with Crippen LogP contribution in [0.2, 0.25) is 0 Å². The summed E-state index contributed by atoms with van der Waals surface area (Å²) in [6.45, 7) is 7.43. The van der Waals surface area contributed by atoms with Crippen LogP contribution in [0.3, 0.4) is 0 Å². The van der Waals surface area contributed by atoms with Crippen LogP contribution in [0.25, 0.3) is 0 Å². The molecule has 1 heteroatoms. The molecule has 0 rings (SSSR count). The number of hydrogen-bond acceptors (Lipinski definition) is 0. The number of rotatable bonds is 3. The molecule has 0 aromatic carbocycles. The minimum absolute atomic E-state index is 0.379. The summed E-state index contributed by atoms with van der Waals surface area (Å²) in [5.74, 6) is 0. The van der Waals surface area contributed by atoms with Gasteiger partial charge in [0.2, 0.25) is 0 Å². The molecule has 0 amide bonds. The highest BCUT2D eigenvalue weighted by molar-refractivity contribution is 5.29. The van der Waals surface area contributed by atoms with E-state index in [4.69, 9.17) is 0 Å². The molecule has 0 heterocycles. The van der Waals surface area contributed by atoms with E-state index in [2.05, 4.69) is 0 Å². The second-order valence-corrected chi connectivity index (χ2v) is 3.02. The molecule has 0 aromatic heterocycles. The largest absolute Gasteiger partial charge is 0.246 e. The van der Waals surface area contributed by atoms with Gasteiger partial charge in [-0.15, -0.1) is 0 Å². The SMILES string of the molecule is C/C=C(C)\C=C/C(CF)=C(C)C. The van der Waals surface area contributed by atoms with E-state index < -0.39 is 0 Å². The Hall–Kier alpha value is -0.850. The van der Waals surface area contributed by atoms with Crippen molar-refractivity contribution in [1.29, 1.82) is 0 Å². The fraction of sp³-hybridized carbons (Fsp3) is 0.455. The van der Waals surface area contributed by atoms with Crippen LogP contribution in [-0.2, 0) is 0 Å². The molecule has 0 aliphatic carbocycles. The van der Waals surface area contributed by atoms with Gasteiger partial charge in [-0.05, 0) is 33.3 Å². The molecule has 0 saturated carbocycles. The second kappa shape index (κ2) is 5.76. The summed E-state index contributed by atoms with van der Waals surface area (Å²) in [5.41, 5.74) is 2.97. The minimum atomic E-state index is -0.379. The molecule has 0 aliphatic heterocycles. The van der Waals surface area contributed by atoms with Crippen LogP contribution in [0, 0.1) is 0 Å². The average molecular weight is 168 g/mol. The van der Waals surface area contributed by atoms with Crippen LogP contribution >= 0.6 is 0 Å². The van der Waals surface area contributed by atoms with Gasteiger partial charge < -0.3 is 0 Å². The number of hydrogen-bond donors (Lipinski definition) is 0. The third-order valence-corrected chi connectivity index (χ3v) is 1.79. The van der Waals surface area contributed by atoms with Gasteiger partial charge in [0, 0.05) is 0 Å². The monoisotopic (exact) mass is 168 g/mol. The van der Waals surface area contributed by atoms with Crippen molar-refractivity contribution < 1.29 is 4.39 Å². The molecular weight excluding hydrogens is 151 g/mol. The van der Waals surface area contributed by atoms with Crippen LogP contribution in [0.15, 0.2) is 34.9 Å². The molecular formula is C11H17F. The van der Waals surface area contributed by atoms with Crippen LogP contribution in [0.5, 0.6) is 0 Å². The van der Waals surface area contributed by atoms with Gasteiger partial charge in [0.25, 0.3) is 0 Å². The van der Waals surface area contributed by atoms with Crippen molar-refractivity contribution in [2.24, 2.45) is 0 Å². The Bertz CT molecular complexity index is 215. The Kier molecular flexibility index (Phi) is 5.35. The van der Waals surface area contributed by atoms with Gasteiger partial charge in [-0.25, -0.2) is 4.39 Å². The zero-order chi connectivity index (χ0) is 9.56. The van der Waals surface area contributed by atoms with E-state index in [0.717, 1.165) is 16.7 Å². The lowest BCUT2D eigenvalue weighted by Crippen LogP contribution is -1.84. The topological polar surface area (TPSA) is 0 Å². The van der Waals surface area contributed by atoms with Gasteiger partial charge in [0.1, 0.15) is 6.67 Å². The van der Waals surface area contributed by atoms with Crippen molar-refractivity contribution in [2.45, 2.75) is 27.7 Å². The Morgan fingerprint density at radius 2 is 1.75 bits per heavy atom. The predicted octanol–water partition coefficient (Wildman–Crippen LogP) is 3.81. The van der Waals surface area contributed by atoms with Gasteiger partial charge >= 0.3 is 0 Å². The summed E-state index contributed by atoms with van der Waals surface area (Å²) in [6.07, 6.45) is 5.77. The molecule has 0 aromatic rings. The molecule has 0 saturated heterocycles. The molecule has 0 unspecified atom stereocenters. The lowest BCUT2D eigenvalue weighted by Gasteiger charge is -1.97. The highest BCUT2D eigenvalue weighted by Gasteiger charge is 1.92. The average Bonchev–Trinajstić information content (AvgIpc) is 2.04. The number of alkyl halides is 1.